The molecule has 9 nitrogen and oxygen atoms in total. The Bertz CT molecular complexity index is 506. The van der Waals surface area contributed by atoms with Crippen molar-refractivity contribution in [1.82, 2.24) is 0 Å². The lowest BCUT2D eigenvalue weighted by atomic mass is 9.99. The number of carbonyl (C=O) groups is 4. The Balaban J connectivity index is 3.11. The van der Waals surface area contributed by atoms with Crippen LogP contribution in [0.4, 0.5) is 0 Å². The molecule has 1 heterocycles. The molecule has 1 rings (SSSR count). The highest BCUT2D eigenvalue weighted by molar-refractivity contribution is 6.20. The van der Waals surface area contributed by atoms with Crippen LogP contribution >= 0.6 is 11.6 Å². The van der Waals surface area contributed by atoms with E-state index in [9.17, 15) is 19.2 Å². The molecular formula is C14H19ClO9. The average Bonchev–Trinajstić information content (AvgIpc) is 2.42. The third kappa shape index (κ3) is 5.97. The summed E-state index contributed by atoms with van der Waals surface area (Å²) in [5.74, 6) is -2.67. The van der Waals surface area contributed by atoms with Gasteiger partial charge in [0.25, 0.3) is 0 Å². The topological polar surface area (TPSA) is 114 Å². The van der Waals surface area contributed by atoms with E-state index in [4.69, 9.17) is 35.3 Å². The SMILES string of the molecule is CC(=O)OC[C@H]1O[C@@H](Cl)[C@@H](OC(C)=O)[C@@H](OC(C)=O)[C@@H]1OC(C)=O. The largest absolute Gasteiger partial charge is 0.463 e. The van der Waals surface area contributed by atoms with E-state index in [2.05, 4.69) is 0 Å². The van der Waals surface area contributed by atoms with E-state index in [0.29, 0.717) is 0 Å². The monoisotopic (exact) mass is 366 g/mol. The normalized spacial score (nSPS) is 29.3. The lowest BCUT2D eigenvalue weighted by Gasteiger charge is -2.42. The van der Waals surface area contributed by atoms with Gasteiger partial charge < -0.3 is 23.7 Å². The predicted molar refractivity (Wildman–Crippen MR) is 77.8 cm³/mol. The molecular weight excluding hydrogens is 348 g/mol. The summed E-state index contributed by atoms with van der Waals surface area (Å²) in [7, 11) is 0. The zero-order chi connectivity index (χ0) is 18.4. The molecule has 5 atom stereocenters. The van der Waals surface area contributed by atoms with E-state index in [1.54, 1.807) is 0 Å². The number of halogens is 1. The molecule has 0 spiro atoms. The molecule has 0 aromatic rings. The van der Waals surface area contributed by atoms with Gasteiger partial charge in [0, 0.05) is 27.7 Å². The van der Waals surface area contributed by atoms with E-state index in [-0.39, 0.29) is 6.61 Å². The van der Waals surface area contributed by atoms with Gasteiger partial charge in [-0.25, -0.2) is 0 Å². The maximum Gasteiger partial charge on any atom is 0.303 e. The van der Waals surface area contributed by atoms with Gasteiger partial charge in [-0.15, -0.1) is 0 Å². The zero-order valence-electron chi connectivity index (χ0n) is 13.6. The van der Waals surface area contributed by atoms with Crippen molar-refractivity contribution < 1.29 is 42.9 Å². The van der Waals surface area contributed by atoms with E-state index < -0.39 is 53.9 Å². The lowest BCUT2D eigenvalue weighted by molar-refractivity contribution is -0.238. The first-order valence-corrected chi connectivity index (χ1v) is 7.50. The highest BCUT2D eigenvalue weighted by atomic mass is 35.5. The minimum Gasteiger partial charge on any atom is -0.463 e. The quantitative estimate of drug-likeness (QED) is 0.385. The van der Waals surface area contributed by atoms with Crippen molar-refractivity contribution in [2.24, 2.45) is 0 Å². The highest BCUT2D eigenvalue weighted by Crippen LogP contribution is 2.30. The van der Waals surface area contributed by atoms with Crippen molar-refractivity contribution in [2.45, 2.75) is 57.7 Å². The Morgan fingerprint density at radius 3 is 1.71 bits per heavy atom. The van der Waals surface area contributed by atoms with E-state index >= 15 is 0 Å². The second kappa shape index (κ2) is 8.84. The Morgan fingerprint density at radius 2 is 1.25 bits per heavy atom. The molecule has 0 aromatic carbocycles. The van der Waals surface area contributed by atoms with Gasteiger partial charge in [-0.1, -0.05) is 11.6 Å². The van der Waals surface area contributed by atoms with Crippen LogP contribution in [0.2, 0.25) is 0 Å². The summed E-state index contributed by atoms with van der Waals surface area (Å²) in [5.41, 5.74) is -1.20. The van der Waals surface area contributed by atoms with Gasteiger partial charge in [0.15, 0.2) is 23.9 Å². The Labute approximate surface area is 143 Å². The molecule has 0 amide bonds. The van der Waals surface area contributed by atoms with Gasteiger partial charge in [0.05, 0.1) is 0 Å². The number of rotatable bonds is 5. The van der Waals surface area contributed by atoms with Gasteiger partial charge in [0.1, 0.15) is 12.7 Å². The average molecular weight is 367 g/mol. The minimum atomic E-state index is -1.22. The van der Waals surface area contributed by atoms with Crippen molar-refractivity contribution >= 4 is 35.5 Å². The molecule has 0 bridgehead atoms. The molecule has 24 heavy (non-hydrogen) atoms. The first kappa shape index (κ1) is 20.2. The van der Waals surface area contributed by atoms with Crippen molar-refractivity contribution in [3.63, 3.8) is 0 Å². The molecule has 1 aliphatic rings. The number of esters is 4. The standard InChI is InChI=1S/C14H19ClO9/c1-6(16)20-5-10-11(21-7(2)17)12(22-8(3)18)13(14(15)24-10)23-9(4)19/h10-14H,5H2,1-4H3/t10-,11-,12+,13+,14-/m1/s1. The number of hydrogen-bond donors (Lipinski definition) is 0. The van der Waals surface area contributed by atoms with Crippen LogP contribution in [0.5, 0.6) is 0 Å². The third-order valence-electron chi connectivity index (χ3n) is 2.93. The number of hydrogen-bond acceptors (Lipinski definition) is 9. The van der Waals surface area contributed by atoms with Gasteiger partial charge in [-0.2, -0.15) is 0 Å². The van der Waals surface area contributed by atoms with Gasteiger partial charge in [0.2, 0.25) is 0 Å². The summed E-state index contributed by atoms with van der Waals surface area (Å²) in [5, 5.41) is 0. The minimum absolute atomic E-state index is 0.291. The Morgan fingerprint density at radius 1 is 0.792 bits per heavy atom. The second-order valence-corrected chi connectivity index (χ2v) is 5.48. The predicted octanol–water partition coefficient (Wildman–Crippen LogP) is 0.308. The first-order valence-electron chi connectivity index (χ1n) is 7.06. The molecule has 0 saturated carbocycles. The molecule has 0 unspecified atom stereocenters. The van der Waals surface area contributed by atoms with E-state index in [0.717, 1.165) is 20.8 Å². The molecule has 10 heteroatoms. The fraction of sp³-hybridized carbons (Fsp3) is 0.714. The Kier molecular flexibility index (Phi) is 7.43. The summed E-state index contributed by atoms with van der Waals surface area (Å²) < 4.78 is 25.6. The van der Waals surface area contributed by atoms with Crippen molar-refractivity contribution in [2.75, 3.05) is 6.61 Å². The van der Waals surface area contributed by atoms with Gasteiger partial charge >= 0.3 is 23.9 Å². The second-order valence-electron chi connectivity index (χ2n) is 5.05. The highest BCUT2D eigenvalue weighted by Gasteiger charge is 2.51. The molecule has 1 aliphatic heterocycles. The summed E-state index contributed by atoms with van der Waals surface area (Å²) in [6, 6.07) is 0. The Hall–Kier alpha value is -1.87. The number of alkyl halides is 1. The van der Waals surface area contributed by atoms with E-state index in [1.165, 1.54) is 6.92 Å². The van der Waals surface area contributed by atoms with Crippen LogP contribution in [0.25, 0.3) is 0 Å². The first-order chi connectivity index (χ1) is 11.1. The fourth-order valence-corrected chi connectivity index (χ4v) is 2.50. The number of carbonyl (C=O) groups excluding carboxylic acids is 4. The lowest BCUT2D eigenvalue weighted by Crippen LogP contribution is -2.61. The fourth-order valence-electron chi connectivity index (χ4n) is 2.18. The summed E-state index contributed by atoms with van der Waals surface area (Å²) in [6.45, 7) is 4.31. The summed E-state index contributed by atoms with van der Waals surface area (Å²) in [6.07, 6.45) is -4.60. The molecule has 0 aliphatic carbocycles. The van der Waals surface area contributed by atoms with Crippen LogP contribution in [0.15, 0.2) is 0 Å². The molecule has 136 valence electrons. The van der Waals surface area contributed by atoms with Crippen LogP contribution in [-0.4, -0.2) is 60.5 Å². The van der Waals surface area contributed by atoms with Crippen LogP contribution in [0, 0.1) is 0 Å². The summed E-state index contributed by atoms with van der Waals surface area (Å²) >= 11 is 6.05. The maximum absolute atomic E-state index is 11.4. The maximum atomic E-state index is 11.4. The molecule has 0 radical (unpaired) electrons. The smallest absolute Gasteiger partial charge is 0.303 e. The zero-order valence-corrected chi connectivity index (χ0v) is 14.4. The van der Waals surface area contributed by atoms with Crippen molar-refractivity contribution in [3.05, 3.63) is 0 Å². The van der Waals surface area contributed by atoms with Crippen LogP contribution in [-0.2, 0) is 42.9 Å². The van der Waals surface area contributed by atoms with Gasteiger partial charge in [-0.3, -0.25) is 19.2 Å². The number of ether oxygens (including phenoxy) is 5. The molecule has 0 N–H and O–H groups in total. The molecule has 0 aromatic heterocycles. The van der Waals surface area contributed by atoms with Crippen molar-refractivity contribution in [1.29, 1.82) is 0 Å². The third-order valence-corrected chi connectivity index (χ3v) is 3.29. The van der Waals surface area contributed by atoms with Crippen molar-refractivity contribution in [3.8, 4) is 0 Å². The van der Waals surface area contributed by atoms with Crippen LogP contribution in [0.1, 0.15) is 27.7 Å². The molecule has 1 saturated heterocycles. The van der Waals surface area contributed by atoms with Gasteiger partial charge in [-0.05, 0) is 0 Å². The molecule has 1 fully saturated rings. The van der Waals surface area contributed by atoms with E-state index in [1.807, 2.05) is 0 Å². The van der Waals surface area contributed by atoms with Crippen LogP contribution < -0.4 is 0 Å². The van der Waals surface area contributed by atoms with Crippen LogP contribution in [0.3, 0.4) is 0 Å². The summed E-state index contributed by atoms with van der Waals surface area (Å²) in [4.78, 5) is 45.0.